The first kappa shape index (κ1) is 11.5. The van der Waals surface area contributed by atoms with Gasteiger partial charge in [0.05, 0.1) is 0 Å². The second-order valence-electron chi connectivity index (χ2n) is 3.50. The van der Waals surface area contributed by atoms with E-state index in [2.05, 4.69) is 36.0 Å². The summed E-state index contributed by atoms with van der Waals surface area (Å²) in [5.41, 5.74) is 0. The molecule has 0 saturated heterocycles. The van der Waals surface area contributed by atoms with Crippen LogP contribution in [0, 0.1) is 0 Å². The summed E-state index contributed by atoms with van der Waals surface area (Å²) in [5, 5.41) is 6.55. The highest BCUT2D eigenvalue weighted by Crippen LogP contribution is 2.15. The number of anilines is 1. The Balaban J connectivity index is 2.33. The molecule has 0 atom stereocenters. The SMILES string of the molecule is CCN(CCNC(C)C)c1nccs1. The van der Waals surface area contributed by atoms with Crippen LogP contribution in [0.15, 0.2) is 11.6 Å². The Kier molecular flexibility index (Phi) is 4.90. The third kappa shape index (κ3) is 3.64. The molecule has 1 aromatic heterocycles. The fraction of sp³-hybridized carbons (Fsp3) is 0.700. The molecule has 0 aromatic carbocycles. The standard InChI is InChI=1S/C10H19N3S/c1-4-13(7-5-11-9(2)3)10-12-6-8-14-10/h6,8-9,11H,4-5,7H2,1-3H3. The molecule has 4 heteroatoms. The molecule has 0 bridgehead atoms. The van der Waals surface area contributed by atoms with E-state index in [9.17, 15) is 0 Å². The van der Waals surface area contributed by atoms with Crippen LogP contribution < -0.4 is 10.2 Å². The van der Waals surface area contributed by atoms with Crippen molar-refractivity contribution < 1.29 is 0 Å². The van der Waals surface area contributed by atoms with Crippen molar-refractivity contribution in [1.29, 1.82) is 0 Å². The third-order valence-electron chi connectivity index (χ3n) is 2.01. The van der Waals surface area contributed by atoms with Crippen molar-refractivity contribution in [3.05, 3.63) is 11.6 Å². The molecule has 1 rings (SSSR count). The zero-order valence-corrected chi connectivity index (χ0v) is 9.97. The maximum Gasteiger partial charge on any atom is 0.185 e. The van der Waals surface area contributed by atoms with Crippen molar-refractivity contribution in [2.45, 2.75) is 26.8 Å². The van der Waals surface area contributed by atoms with Gasteiger partial charge in [-0.05, 0) is 6.92 Å². The lowest BCUT2D eigenvalue weighted by Gasteiger charge is -2.20. The monoisotopic (exact) mass is 213 g/mol. The van der Waals surface area contributed by atoms with Crippen LogP contribution in [0.3, 0.4) is 0 Å². The molecule has 1 aromatic rings. The molecular weight excluding hydrogens is 194 g/mol. The van der Waals surface area contributed by atoms with Gasteiger partial charge in [0.15, 0.2) is 5.13 Å². The molecule has 0 fully saturated rings. The smallest absolute Gasteiger partial charge is 0.185 e. The Morgan fingerprint density at radius 3 is 2.86 bits per heavy atom. The second-order valence-corrected chi connectivity index (χ2v) is 4.38. The molecule has 0 radical (unpaired) electrons. The van der Waals surface area contributed by atoms with Crippen LogP contribution in [0.5, 0.6) is 0 Å². The van der Waals surface area contributed by atoms with Crippen LogP contribution in [0.1, 0.15) is 20.8 Å². The molecule has 1 N–H and O–H groups in total. The van der Waals surface area contributed by atoms with Crippen molar-refractivity contribution in [2.75, 3.05) is 24.5 Å². The summed E-state index contributed by atoms with van der Waals surface area (Å²) >= 11 is 1.70. The highest BCUT2D eigenvalue weighted by molar-refractivity contribution is 7.13. The predicted molar refractivity (Wildman–Crippen MR) is 63.1 cm³/mol. The lowest BCUT2D eigenvalue weighted by atomic mass is 10.4. The Morgan fingerprint density at radius 1 is 1.57 bits per heavy atom. The number of aromatic nitrogens is 1. The topological polar surface area (TPSA) is 28.2 Å². The summed E-state index contributed by atoms with van der Waals surface area (Å²) in [5.74, 6) is 0. The number of rotatable bonds is 6. The summed E-state index contributed by atoms with van der Waals surface area (Å²) in [6, 6.07) is 0.560. The lowest BCUT2D eigenvalue weighted by molar-refractivity contribution is 0.583. The van der Waals surface area contributed by atoms with Gasteiger partial charge < -0.3 is 10.2 Å². The van der Waals surface area contributed by atoms with Gasteiger partial charge in [0.1, 0.15) is 0 Å². The van der Waals surface area contributed by atoms with Crippen LogP contribution in [0.2, 0.25) is 0 Å². The van der Waals surface area contributed by atoms with Crippen molar-refractivity contribution >= 4 is 16.5 Å². The van der Waals surface area contributed by atoms with Crippen molar-refractivity contribution in [2.24, 2.45) is 0 Å². The number of hydrogen-bond acceptors (Lipinski definition) is 4. The molecule has 0 aliphatic rings. The van der Waals surface area contributed by atoms with Crippen molar-refractivity contribution in [3.63, 3.8) is 0 Å². The molecule has 3 nitrogen and oxygen atoms in total. The van der Waals surface area contributed by atoms with E-state index in [1.807, 2.05) is 11.6 Å². The number of hydrogen-bond donors (Lipinski definition) is 1. The van der Waals surface area contributed by atoms with E-state index >= 15 is 0 Å². The van der Waals surface area contributed by atoms with Crippen LogP contribution in [-0.4, -0.2) is 30.7 Å². The summed E-state index contributed by atoms with van der Waals surface area (Å²) in [4.78, 5) is 6.59. The van der Waals surface area contributed by atoms with E-state index in [0.717, 1.165) is 24.8 Å². The summed E-state index contributed by atoms with van der Waals surface area (Å²) < 4.78 is 0. The molecule has 0 spiro atoms. The first-order chi connectivity index (χ1) is 6.74. The van der Waals surface area contributed by atoms with E-state index in [1.165, 1.54) is 0 Å². The minimum atomic E-state index is 0.560. The molecule has 0 aliphatic heterocycles. The zero-order valence-electron chi connectivity index (χ0n) is 9.16. The Morgan fingerprint density at radius 2 is 2.36 bits per heavy atom. The summed E-state index contributed by atoms with van der Waals surface area (Å²) in [6.07, 6.45) is 1.86. The van der Waals surface area contributed by atoms with Crippen molar-refractivity contribution in [3.8, 4) is 0 Å². The summed E-state index contributed by atoms with van der Waals surface area (Å²) in [7, 11) is 0. The molecule has 0 saturated carbocycles. The minimum Gasteiger partial charge on any atom is -0.347 e. The van der Waals surface area contributed by atoms with Crippen LogP contribution in [-0.2, 0) is 0 Å². The van der Waals surface area contributed by atoms with E-state index < -0.39 is 0 Å². The number of likely N-dealkylation sites (N-methyl/N-ethyl adjacent to an activating group) is 1. The highest BCUT2D eigenvalue weighted by atomic mass is 32.1. The molecule has 0 unspecified atom stereocenters. The Bertz CT molecular complexity index is 234. The molecular formula is C10H19N3S. The zero-order chi connectivity index (χ0) is 10.4. The number of nitrogens with zero attached hydrogens (tertiary/aromatic N) is 2. The molecule has 14 heavy (non-hydrogen) atoms. The van der Waals surface area contributed by atoms with E-state index in [0.29, 0.717) is 6.04 Å². The minimum absolute atomic E-state index is 0.560. The molecule has 0 aliphatic carbocycles. The van der Waals surface area contributed by atoms with E-state index in [1.54, 1.807) is 11.3 Å². The van der Waals surface area contributed by atoms with Gasteiger partial charge >= 0.3 is 0 Å². The second kappa shape index (κ2) is 5.98. The predicted octanol–water partition coefficient (Wildman–Crippen LogP) is 1.97. The van der Waals surface area contributed by atoms with Gasteiger partial charge in [-0.2, -0.15) is 0 Å². The fourth-order valence-electron chi connectivity index (χ4n) is 1.25. The highest BCUT2D eigenvalue weighted by Gasteiger charge is 2.05. The Hall–Kier alpha value is -0.610. The quantitative estimate of drug-likeness (QED) is 0.783. The average Bonchev–Trinajstić information content (AvgIpc) is 2.64. The summed E-state index contributed by atoms with van der Waals surface area (Å²) in [6.45, 7) is 9.57. The van der Waals surface area contributed by atoms with Crippen molar-refractivity contribution in [1.82, 2.24) is 10.3 Å². The first-order valence-corrected chi connectivity index (χ1v) is 5.99. The third-order valence-corrected chi connectivity index (χ3v) is 2.84. The maximum atomic E-state index is 4.30. The fourth-order valence-corrected chi connectivity index (χ4v) is 1.98. The molecule has 1 heterocycles. The number of thiazole rings is 1. The van der Waals surface area contributed by atoms with Gasteiger partial charge in [-0.3, -0.25) is 0 Å². The molecule has 0 amide bonds. The van der Waals surface area contributed by atoms with Gasteiger partial charge in [0, 0.05) is 37.3 Å². The van der Waals surface area contributed by atoms with E-state index in [-0.39, 0.29) is 0 Å². The van der Waals surface area contributed by atoms with Gasteiger partial charge in [0.25, 0.3) is 0 Å². The number of nitrogens with one attached hydrogen (secondary N) is 1. The van der Waals surface area contributed by atoms with Gasteiger partial charge in [-0.1, -0.05) is 13.8 Å². The first-order valence-electron chi connectivity index (χ1n) is 5.12. The van der Waals surface area contributed by atoms with Crippen LogP contribution in [0.4, 0.5) is 5.13 Å². The van der Waals surface area contributed by atoms with Gasteiger partial charge in [-0.15, -0.1) is 11.3 Å². The van der Waals surface area contributed by atoms with Crippen LogP contribution >= 0.6 is 11.3 Å². The van der Waals surface area contributed by atoms with E-state index in [4.69, 9.17) is 0 Å². The van der Waals surface area contributed by atoms with Crippen LogP contribution in [0.25, 0.3) is 0 Å². The average molecular weight is 213 g/mol. The Labute approximate surface area is 90.2 Å². The van der Waals surface area contributed by atoms with Gasteiger partial charge in [0.2, 0.25) is 0 Å². The lowest BCUT2D eigenvalue weighted by Crippen LogP contribution is -2.34. The molecule has 80 valence electrons. The normalized spacial score (nSPS) is 10.9. The largest absolute Gasteiger partial charge is 0.347 e. The maximum absolute atomic E-state index is 4.30. The van der Waals surface area contributed by atoms with Gasteiger partial charge in [-0.25, -0.2) is 4.98 Å².